The summed E-state index contributed by atoms with van der Waals surface area (Å²) in [5, 5.41) is 22.7. The molecule has 0 aliphatic carbocycles. The van der Waals surface area contributed by atoms with Crippen LogP contribution in [0, 0.1) is 5.92 Å². The van der Waals surface area contributed by atoms with E-state index in [1.165, 1.54) is 38.5 Å². The van der Waals surface area contributed by atoms with Crippen LogP contribution in [0.2, 0.25) is 0 Å². The zero-order valence-electron chi connectivity index (χ0n) is 14.0. The minimum atomic E-state index is -0.699. The van der Waals surface area contributed by atoms with Crippen LogP contribution >= 0.6 is 0 Å². The molecule has 2 atom stereocenters. The molecule has 1 aromatic rings. The van der Waals surface area contributed by atoms with Crippen LogP contribution in [-0.2, 0) is 0 Å². The van der Waals surface area contributed by atoms with Crippen LogP contribution in [0.4, 0.5) is 0 Å². The van der Waals surface area contributed by atoms with Crippen molar-refractivity contribution in [3.63, 3.8) is 0 Å². The monoisotopic (exact) mass is 307 g/mol. The molecule has 2 N–H and O–H groups in total. The van der Waals surface area contributed by atoms with Gasteiger partial charge in [-0.25, -0.2) is 0 Å². The molecule has 0 saturated carbocycles. The number of rotatable bonds is 11. The predicted octanol–water partition coefficient (Wildman–Crippen LogP) is 5.00. The van der Waals surface area contributed by atoms with E-state index >= 15 is 0 Å². The highest BCUT2D eigenvalue weighted by atomic mass is 16.5. The van der Waals surface area contributed by atoms with Gasteiger partial charge in [0.05, 0.1) is 6.10 Å². The van der Waals surface area contributed by atoms with Crippen molar-refractivity contribution in [3.05, 3.63) is 35.9 Å². The van der Waals surface area contributed by atoms with Gasteiger partial charge in [0.2, 0.25) is 0 Å². The Morgan fingerprint density at radius 2 is 1.68 bits per heavy atom. The SMILES string of the molecule is CCCCCCCC(C)CCC(O)[14C](=NO)c1ccccc1. The normalized spacial score (nSPS) is 14.8. The van der Waals surface area contributed by atoms with E-state index < -0.39 is 6.10 Å². The maximum Gasteiger partial charge on any atom is 0.115 e. The number of unbranched alkanes of at least 4 members (excludes halogenated alkanes) is 4. The molecular formula is C19H31NO2. The summed E-state index contributed by atoms with van der Waals surface area (Å²) in [6, 6.07) is 9.38. The van der Waals surface area contributed by atoms with Crippen molar-refractivity contribution in [2.75, 3.05) is 0 Å². The molecule has 0 heterocycles. The Kier molecular flexibility index (Phi) is 9.56. The Hall–Kier alpha value is -1.35. The minimum Gasteiger partial charge on any atom is -0.411 e. The topological polar surface area (TPSA) is 52.8 Å². The van der Waals surface area contributed by atoms with E-state index in [-0.39, 0.29) is 0 Å². The Morgan fingerprint density at radius 1 is 1.00 bits per heavy atom. The van der Waals surface area contributed by atoms with E-state index in [1.54, 1.807) is 0 Å². The molecule has 3 heteroatoms. The van der Waals surface area contributed by atoms with Crippen LogP contribution < -0.4 is 0 Å². The first-order valence-corrected chi connectivity index (χ1v) is 8.64. The molecule has 22 heavy (non-hydrogen) atoms. The Labute approximate surface area is 135 Å². The molecule has 0 aromatic heterocycles. The number of hydrogen-bond donors (Lipinski definition) is 2. The molecule has 1 aromatic carbocycles. The molecule has 0 radical (unpaired) electrons. The van der Waals surface area contributed by atoms with Gasteiger partial charge in [-0.1, -0.05) is 87.9 Å². The van der Waals surface area contributed by atoms with Gasteiger partial charge in [0, 0.05) is 5.56 Å². The van der Waals surface area contributed by atoms with Crippen molar-refractivity contribution >= 4 is 5.71 Å². The number of aliphatic hydroxyl groups is 1. The number of benzene rings is 1. The molecule has 1 rings (SSSR count). The van der Waals surface area contributed by atoms with Gasteiger partial charge in [-0.2, -0.15) is 0 Å². The van der Waals surface area contributed by atoms with Crippen LogP contribution in [0.1, 0.15) is 70.8 Å². The smallest absolute Gasteiger partial charge is 0.115 e. The van der Waals surface area contributed by atoms with E-state index in [2.05, 4.69) is 19.0 Å². The molecule has 0 fully saturated rings. The predicted molar refractivity (Wildman–Crippen MR) is 92.5 cm³/mol. The Bertz CT molecular complexity index is 417. The molecule has 0 amide bonds. The van der Waals surface area contributed by atoms with Gasteiger partial charge in [-0.3, -0.25) is 0 Å². The molecule has 0 spiro atoms. The van der Waals surface area contributed by atoms with Gasteiger partial charge in [0.25, 0.3) is 0 Å². The summed E-state index contributed by atoms with van der Waals surface area (Å²) in [5.41, 5.74) is 1.15. The van der Waals surface area contributed by atoms with E-state index in [0.717, 1.165) is 12.0 Å². The number of nitrogens with zero attached hydrogens (tertiary/aromatic N) is 1. The maximum atomic E-state index is 10.3. The summed E-state index contributed by atoms with van der Waals surface area (Å²) >= 11 is 0. The second-order valence-electron chi connectivity index (χ2n) is 6.25. The van der Waals surface area contributed by atoms with Crippen LogP contribution in [0.5, 0.6) is 0 Å². The summed E-state index contributed by atoms with van der Waals surface area (Å²) in [6.45, 7) is 4.47. The third-order valence-corrected chi connectivity index (χ3v) is 4.23. The summed E-state index contributed by atoms with van der Waals surface area (Å²) in [4.78, 5) is 0. The zero-order chi connectivity index (χ0) is 16.2. The molecule has 124 valence electrons. The van der Waals surface area contributed by atoms with Gasteiger partial charge in [0.1, 0.15) is 5.71 Å². The number of hydrogen-bond acceptors (Lipinski definition) is 3. The average molecular weight is 307 g/mol. The van der Waals surface area contributed by atoms with Gasteiger partial charge in [-0.15, -0.1) is 0 Å². The first-order valence-electron chi connectivity index (χ1n) is 8.64. The molecule has 0 aliphatic heterocycles. The number of aliphatic hydroxyl groups excluding tert-OH is 1. The quantitative estimate of drug-likeness (QED) is 0.261. The fourth-order valence-corrected chi connectivity index (χ4v) is 2.75. The summed E-state index contributed by atoms with van der Waals surface area (Å²) in [7, 11) is 0. The van der Waals surface area contributed by atoms with E-state index in [9.17, 15) is 5.11 Å². The Morgan fingerprint density at radius 3 is 2.32 bits per heavy atom. The standard InChI is InChI=1S/C19H31NO2/c1-3-4-5-6-8-11-16(2)14-15-18(21)19(20-22)17-12-9-7-10-13-17/h7,9-10,12-13,16,18,21-22H,3-6,8,11,14-15H2,1-2H3/i19+2. The van der Waals surface area contributed by atoms with Gasteiger partial charge in [-0.05, 0) is 18.8 Å². The lowest BCUT2D eigenvalue weighted by Crippen LogP contribution is -2.22. The molecular weight excluding hydrogens is 276 g/mol. The summed E-state index contributed by atoms with van der Waals surface area (Å²) in [6.07, 6.45) is 8.66. The van der Waals surface area contributed by atoms with Crippen LogP contribution in [0.3, 0.4) is 0 Å². The van der Waals surface area contributed by atoms with E-state index in [1.807, 2.05) is 30.3 Å². The zero-order valence-corrected chi connectivity index (χ0v) is 14.0. The molecule has 0 aliphatic rings. The Balaban J connectivity index is 2.30. The lowest BCUT2D eigenvalue weighted by Gasteiger charge is -2.16. The largest absolute Gasteiger partial charge is 0.411 e. The highest BCUT2D eigenvalue weighted by Crippen LogP contribution is 2.18. The first kappa shape index (κ1) is 18.7. The van der Waals surface area contributed by atoms with Crippen LogP contribution in [-0.4, -0.2) is 22.1 Å². The maximum absolute atomic E-state index is 10.3. The van der Waals surface area contributed by atoms with Crippen molar-refractivity contribution < 1.29 is 10.3 Å². The lowest BCUT2D eigenvalue weighted by atomic mass is 9.97. The van der Waals surface area contributed by atoms with Crippen LogP contribution in [0.25, 0.3) is 0 Å². The third-order valence-electron chi connectivity index (χ3n) is 4.23. The van der Waals surface area contributed by atoms with Crippen molar-refractivity contribution in [2.24, 2.45) is 11.1 Å². The van der Waals surface area contributed by atoms with E-state index in [0.29, 0.717) is 18.1 Å². The molecule has 2 unspecified atom stereocenters. The average Bonchev–Trinajstić information content (AvgIpc) is 2.54. The van der Waals surface area contributed by atoms with Crippen molar-refractivity contribution in [1.82, 2.24) is 0 Å². The summed E-state index contributed by atoms with van der Waals surface area (Å²) in [5.74, 6) is 0.604. The first-order chi connectivity index (χ1) is 10.7. The molecule has 3 nitrogen and oxygen atoms in total. The fourth-order valence-electron chi connectivity index (χ4n) is 2.75. The second-order valence-corrected chi connectivity index (χ2v) is 6.25. The van der Waals surface area contributed by atoms with Gasteiger partial charge in [0.15, 0.2) is 0 Å². The fraction of sp³-hybridized carbons (Fsp3) is 0.632. The van der Waals surface area contributed by atoms with Gasteiger partial charge < -0.3 is 10.3 Å². The minimum absolute atomic E-state index is 0.371. The van der Waals surface area contributed by atoms with Crippen molar-refractivity contribution in [3.8, 4) is 0 Å². The van der Waals surface area contributed by atoms with Crippen molar-refractivity contribution in [1.29, 1.82) is 0 Å². The summed E-state index contributed by atoms with van der Waals surface area (Å²) < 4.78 is 0. The highest BCUT2D eigenvalue weighted by molar-refractivity contribution is 6.03. The lowest BCUT2D eigenvalue weighted by molar-refractivity contribution is 0.209. The highest BCUT2D eigenvalue weighted by Gasteiger charge is 2.16. The number of oxime groups is 1. The van der Waals surface area contributed by atoms with E-state index in [4.69, 9.17) is 5.21 Å². The van der Waals surface area contributed by atoms with Crippen LogP contribution in [0.15, 0.2) is 35.5 Å². The molecule has 0 saturated heterocycles. The second kappa shape index (κ2) is 11.2. The third kappa shape index (κ3) is 7.08. The van der Waals surface area contributed by atoms with Gasteiger partial charge >= 0.3 is 0 Å². The molecule has 0 bridgehead atoms. The van der Waals surface area contributed by atoms with Crippen molar-refractivity contribution in [2.45, 2.75) is 71.3 Å².